The number of hydrogen-bond donors (Lipinski definition) is 1. The summed E-state index contributed by atoms with van der Waals surface area (Å²) in [6.45, 7) is 1.59. The SMILES string of the molecule is COc1cc2c(cc1/C=C/C(=O)OCC(=O)c1ccc(NC(=O)c3ccccc3)cc1)O[C@H](C)C2. The maximum Gasteiger partial charge on any atom is 0.331 e. The van der Waals surface area contributed by atoms with Crippen LogP contribution < -0.4 is 14.8 Å². The highest BCUT2D eigenvalue weighted by Gasteiger charge is 2.21. The molecule has 1 N–H and O–H groups in total. The molecular formula is C28H25NO6. The van der Waals surface area contributed by atoms with Crippen molar-refractivity contribution in [3.05, 3.63) is 95.1 Å². The fourth-order valence-corrected chi connectivity index (χ4v) is 3.72. The van der Waals surface area contributed by atoms with Crippen molar-refractivity contribution in [1.29, 1.82) is 0 Å². The summed E-state index contributed by atoms with van der Waals surface area (Å²) in [7, 11) is 1.56. The number of benzene rings is 3. The minimum absolute atomic E-state index is 0.0964. The van der Waals surface area contributed by atoms with Crippen LogP contribution in [0, 0.1) is 0 Å². The van der Waals surface area contributed by atoms with Gasteiger partial charge in [0, 0.05) is 40.4 Å². The number of carbonyl (C=O) groups is 3. The van der Waals surface area contributed by atoms with E-state index in [2.05, 4.69) is 5.32 Å². The Labute approximate surface area is 203 Å². The van der Waals surface area contributed by atoms with Crippen LogP contribution in [0.5, 0.6) is 11.5 Å². The lowest BCUT2D eigenvalue weighted by atomic mass is 10.1. The maximum atomic E-state index is 12.4. The normalized spacial score (nSPS) is 14.2. The standard InChI is InChI=1S/C28H25NO6/c1-18-14-22-16-25(33-2)21(15-26(22)35-18)10-13-27(31)34-17-24(30)19-8-11-23(12-9-19)29-28(32)20-6-4-3-5-7-20/h3-13,15-16,18H,14,17H2,1-2H3,(H,29,32)/b13-10+/t18-/m1/s1. The zero-order valence-corrected chi connectivity index (χ0v) is 19.4. The van der Waals surface area contributed by atoms with Crippen molar-refractivity contribution >= 4 is 29.4 Å². The minimum Gasteiger partial charge on any atom is -0.496 e. The third-order valence-electron chi connectivity index (χ3n) is 5.49. The van der Waals surface area contributed by atoms with Crippen LogP contribution >= 0.6 is 0 Å². The van der Waals surface area contributed by atoms with E-state index in [0.29, 0.717) is 28.1 Å². The first kappa shape index (κ1) is 23.8. The highest BCUT2D eigenvalue weighted by Crippen LogP contribution is 2.35. The zero-order chi connectivity index (χ0) is 24.8. The van der Waals surface area contributed by atoms with Gasteiger partial charge < -0.3 is 19.5 Å². The number of fused-ring (bicyclic) bond motifs is 1. The summed E-state index contributed by atoms with van der Waals surface area (Å²) in [5.74, 6) is 0.143. The van der Waals surface area contributed by atoms with E-state index in [1.807, 2.05) is 25.1 Å². The molecule has 0 saturated heterocycles. The van der Waals surface area contributed by atoms with Gasteiger partial charge in [0.15, 0.2) is 12.4 Å². The van der Waals surface area contributed by atoms with E-state index in [1.54, 1.807) is 61.7 Å². The number of esters is 1. The summed E-state index contributed by atoms with van der Waals surface area (Å²) in [5, 5.41) is 2.77. The lowest BCUT2D eigenvalue weighted by Crippen LogP contribution is -2.13. The average Bonchev–Trinajstić information content (AvgIpc) is 3.25. The van der Waals surface area contributed by atoms with Crippen LogP contribution in [-0.2, 0) is 16.0 Å². The Morgan fingerprint density at radius 2 is 1.77 bits per heavy atom. The van der Waals surface area contributed by atoms with Crippen molar-refractivity contribution in [3.63, 3.8) is 0 Å². The molecule has 7 nitrogen and oxygen atoms in total. The predicted molar refractivity (Wildman–Crippen MR) is 132 cm³/mol. The second kappa shape index (κ2) is 10.7. The molecule has 3 aromatic carbocycles. The first-order chi connectivity index (χ1) is 16.9. The molecule has 0 radical (unpaired) electrons. The molecule has 0 aromatic heterocycles. The van der Waals surface area contributed by atoms with E-state index in [4.69, 9.17) is 14.2 Å². The number of rotatable bonds is 8. The highest BCUT2D eigenvalue weighted by atomic mass is 16.5. The predicted octanol–water partition coefficient (Wildman–Crippen LogP) is 4.71. The van der Waals surface area contributed by atoms with Gasteiger partial charge in [-0.1, -0.05) is 18.2 Å². The van der Waals surface area contributed by atoms with E-state index >= 15 is 0 Å². The molecule has 1 aliphatic heterocycles. The molecule has 1 atom stereocenters. The Kier molecular flexibility index (Phi) is 7.26. The molecule has 0 aliphatic carbocycles. The lowest BCUT2D eigenvalue weighted by Gasteiger charge is -2.08. The van der Waals surface area contributed by atoms with Crippen LogP contribution in [0.3, 0.4) is 0 Å². The summed E-state index contributed by atoms with van der Waals surface area (Å²) in [6, 6.07) is 18.9. The van der Waals surface area contributed by atoms with Gasteiger partial charge in [-0.05, 0) is 61.5 Å². The fourth-order valence-electron chi connectivity index (χ4n) is 3.72. The smallest absolute Gasteiger partial charge is 0.331 e. The van der Waals surface area contributed by atoms with Gasteiger partial charge in [0.05, 0.1) is 7.11 Å². The molecule has 0 saturated carbocycles. The van der Waals surface area contributed by atoms with Gasteiger partial charge in [-0.15, -0.1) is 0 Å². The number of amides is 1. The summed E-state index contributed by atoms with van der Waals surface area (Å²) in [5.41, 5.74) is 3.19. The van der Waals surface area contributed by atoms with Gasteiger partial charge in [-0.25, -0.2) is 4.79 Å². The van der Waals surface area contributed by atoms with Gasteiger partial charge in [-0.2, -0.15) is 0 Å². The van der Waals surface area contributed by atoms with Crippen LogP contribution in [0.25, 0.3) is 6.08 Å². The molecule has 1 aliphatic rings. The zero-order valence-electron chi connectivity index (χ0n) is 19.4. The summed E-state index contributed by atoms with van der Waals surface area (Å²) in [4.78, 5) is 36.8. The Hall–Kier alpha value is -4.39. The molecule has 0 unspecified atom stereocenters. The van der Waals surface area contributed by atoms with E-state index in [0.717, 1.165) is 17.7 Å². The average molecular weight is 472 g/mol. The Morgan fingerprint density at radius 1 is 1.03 bits per heavy atom. The Morgan fingerprint density at radius 3 is 2.49 bits per heavy atom. The minimum atomic E-state index is -0.651. The Balaban J connectivity index is 1.31. The lowest BCUT2D eigenvalue weighted by molar-refractivity contribution is -0.136. The van der Waals surface area contributed by atoms with Crippen LogP contribution in [0.1, 0.15) is 38.8 Å². The number of methoxy groups -OCH3 is 1. The number of nitrogens with one attached hydrogen (secondary N) is 1. The second-order valence-corrected chi connectivity index (χ2v) is 8.10. The molecule has 4 rings (SSSR count). The third-order valence-corrected chi connectivity index (χ3v) is 5.49. The van der Waals surface area contributed by atoms with Crippen molar-refractivity contribution in [2.75, 3.05) is 19.0 Å². The topological polar surface area (TPSA) is 90.9 Å². The van der Waals surface area contributed by atoms with Gasteiger partial charge in [0.2, 0.25) is 0 Å². The fraction of sp³-hybridized carbons (Fsp3) is 0.179. The molecule has 178 valence electrons. The van der Waals surface area contributed by atoms with E-state index in [9.17, 15) is 14.4 Å². The summed E-state index contributed by atoms with van der Waals surface area (Å²) in [6.07, 6.45) is 3.72. The van der Waals surface area contributed by atoms with E-state index in [-0.39, 0.29) is 17.8 Å². The van der Waals surface area contributed by atoms with Crippen molar-refractivity contribution in [2.45, 2.75) is 19.4 Å². The van der Waals surface area contributed by atoms with Gasteiger partial charge in [0.25, 0.3) is 5.91 Å². The monoisotopic (exact) mass is 471 g/mol. The van der Waals surface area contributed by atoms with Crippen molar-refractivity contribution in [3.8, 4) is 11.5 Å². The van der Waals surface area contributed by atoms with Crippen LogP contribution in [0.2, 0.25) is 0 Å². The van der Waals surface area contributed by atoms with E-state index in [1.165, 1.54) is 6.08 Å². The van der Waals surface area contributed by atoms with Crippen LogP contribution in [0.4, 0.5) is 5.69 Å². The van der Waals surface area contributed by atoms with Crippen molar-refractivity contribution in [1.82, 2.24) is 0 Å². The molecule has 0 fully saturated rings. The third kappa shape index (κ3) is 5.95. The number of carbonyl (C=O) groups excluding carboxylic acids is 3. The number of hydrogen-bond acceptors (Lipinski definition) is 6. The highest BCUT2D eigenvalue weighted by molar-refractivity contribution is 6.04. The second-order valence-electron chi connectivity index (χ2n) is 8.10. The van der Waals surface area contributed by atoms with Gasteiger partial charge in [0.1, 0.15) is 17.6 Å². The largest absolute Gasteiger partial charge is 0.496 e. The summed E-state index contributed by atoms with van der Waals surface area (Å²) < 4.78 is 16.3. The number of ketones is 1. The van der Waals surface area contributed by atoms with Crippen molar-refractivity contribution < 1.29 is 28.6 Å². The summed E-state index contributed by atoms with van der Waals surface area (Å²) >= 11 is 0. The molecular weight excluding hydrogens is 446 g/mol. The molecule has 1 heterocycles. The number of anilines is 1. The molecule has 3 aromatic rings. The molecule has 0 bridgehead atoms. The van der Waals surface area contributed by atoms with Gasteiger partial charge in [-0.3, -0.25) is 9.59 Å². The number of Topliss-reactive ketones (excluding diaryl/α,β-unsaturated/α-hetero) is 1. The number of ether oxygens (including phenoxy) is 3. The van der Waals surface area contributed by atoms with Gasteiger partial charge >= 0.3 is 5.97 Å². The first-order valence-corrected chi connectivity index (χ1v) is 11.1. The molecule has 7 heteroatoms. The molecule has 0 spiro atoms. The quantitative estimate of drug-likeness (QED) is 0.291. The van der Waals surface area contributed by atoms with Crippen LogP contribution in [0.15, 0.2) is 72.8 Å². The molecule has 35 heavy (non-hydrogen) atoms. The maximum absolute atomic E-state index is 12.4. The van der Waals surface area contributed by atoms with Crippen LogP contribution in [-0.4, -0.2) is 37.5 Å². The van der Waals surface area contributed by atoms with Crippen molar-refractivity contribution in [2.24, 2.45) is 0 Å². The molecule has 1 amide bonds. The van der Waals surface area contributed by atoms with E-state index < -0.39 is 12.6 Å². The Bertz CT molecular complexity index is 1260. The first-order valence-electron chi connectivity index (χ1n) is 11.1.